The van der Waals surface area contributed by atoms with Crippen LogP contribution in [0.15, 0.2) is 6.07 Å². The Balaban J connectivity index is 1.97. The van der Waals surface area contributed by atoms with Crippen LogP contribution in [0.4, 0.5) is 0 Å². The Morgan fingerprint density at radius 3 is 2.78 bits per heavy atom. The number of fused-ring (bicyclic) bond motifs is 1. The Labute approximate surface area is 138 Å². The number of aliphatic carboxylic acids is 1. The van der Waals surface area contributed by atoms with E-state index in [-0.39, 0.29) is 11.8 Å². The summed E-state index contributed by atoms with van der Waals surface area (Å²) in [4.78, 5) is 27.3. The summed E-state index contributed by atoms with van der Waals surface area (Å²) in [6.45, 7) is 4.66. The highest BCUT2D eigenvalue weighted by molar-refractivity contribution is 7.20. The van der Waals surface area contributed by atoms with Crippen molar-refractivity contribution in [3.63, 3.8) is 0 Å². The minimum absolute atomic E-state index is 0.173. The van der Waals surface area contributed by atoms with E-state index in [1.54, 1.807) is 4.68 Å². The summed E-state index contributed by atoms with van der Waals surface area (Å²) >= 11 is 1.39. The molecule has 2 aromatic heterocycles. The summed E-state index contributed by atoms with van der Waals surface area (Å²) in [7, 11) is 1.87. The van der Waals surface area contributed by atoms with Crippen LogP contribution in [0, 0.1) is 0 Å². The van der Waals surface area contributed by atoms with Crippen LogP contribution in [0.3, 0.4) is 0 Å². The standard InChI is InChI=1S/C16H21N3O3S/c1-9(2)13-10-8-12(23-15(10)18(3)17-13)14(20)19-7-5-4-6-11(19)16(21)22/h8-9,11H,4-7H2,1-3H3,(H,21,22). The Kier molecular flexibility index (Phi) is 4.14. The lowest BCUT2D eigenvalue weighted by Crippen LogP contribution is -2.47. The van der Waals surface area contributed by atoms with Gasteiger partial charge in [0.1, 0.15) is 10.9 Å². The smallest absolute Gasteiger partial charge is 0.326 e. The molecule has 6 nitrogen and oxygen atoms in total. The number of hydrogen-bond donors (Lipinski definition) is 1. The molecule has 1 amide bonds. The number of likely N-dealkylation sites (tertiary alicyclic amines) is 1. The molecule has 124 valence electrons. The Hall–Kier alpha value is -1.89. The highest BCUT2D eigenvalue weighted by Crippen LogP contribution is 2.33. The van der Waals surface area contributed by atoms with Crippen molar-refractivity contribution in [2.75, 3.05) is 6.54 Å². The zero-order valence-corrected chi connectivity index (χ0v) is 14.4. The first-order valence-corrected chi connectivity index (χ1v) is 8.72. The number of thiophene rings is 1. The highest BCUT2D eigenvalue weighted by Gasteiger charge is 2.33. The zero-order valence-electron chi connectivity index (χ0n) is 13.6. The number of rotatable bonds is 3. The van der Waals surface area contributed by atoms with Gasteiger partial charge in [-0.1, -0.05) is 13.8 Å². The molecule has 1 unspecified atom stereocenters. The summed E-state index contributed by atoms with van der Waals surface area (Å²) in [5, 5.41) is 14.9. The molecule has 0 bridgehead atoms. The number of piperidine rings is 1. The molecule has 1 atom stereocenters. The second-order valence-electron chi connectivity index (χ2n) is 6.34. The van der Waals surface area contributed by atoms with Crippen molar-refractivity contribution in [3.8, 4) is 0 Å². The molecule has 23 heavy (non-hydrogen) atoms. The van der Waals surface area contributed by atoms with Crippen LogP contribution in [-0.4, -0.2) is 44.3 Å². The van der Waals surface area contributed by atoms with Crippen LogP contribution >= 0.6 is 11.3 Å². The first kappa shape index (κ1) is 16.0. The van der Waals surface area contributed by atoms with Gasteiger partial charge < -0.3 is 10.0 Å². The third-order valence-corrected chi connectivity index (χ3v) is 5.54. The number of carboxylic acids is 1. The van der Waals surface area contributed by atoms with Crippen LogP contribution in [0.5, 0.6) is 0 Å². The largest absolute Gasteiger partial charge is 0.480 e. The van der Waals surface area contributed by atoms with Crippen LogP contribution in [0.2, 0.25) is 0 Å². The summed E-state index contributed by atoms with van der Waals surface area (Å²) < 4.78 is 1.80. The van der Waals surface area contributed by atoms with Gasteiger partial charge in [0.2, 0.25) is 0 Å². The van der Waals surface area contributed by atoms with Crippen molar-refractivity contribution in [2.45, 2.75) is 45.1 Å². The van der Waals surface area contributed by atoms with E-state index in [1.165, 1.54) is 16.2 Å². The molecule has 0 aromatic carbocycles. The molecule has 1 aliphatic heterocycles. The average molecular weight is 335 g/mol. The second-order valence-corrected chi connectivity index (χ2v) is 7.37. The average Bonchev–Trinajstić information content (AvgIpc) is 3.07. The van der Waals surface area contributed by atoms with Crippen molar-refractivity contribution in [3.05, 3.63) is 16.6 Å². The number of carbonyl (C=O) groups is 2. The Morgan fingerprint density at radius 1 is 1.39 bits per heavy atom. The molecule has 1 fully saturated rings. The molecular formula is C16H21N3O3S. The second kappa shape index (κ2) is 5.96. The maximum absolute atomic E-state index is 12.8. The Morgan fingerprint density at radius 2 is 2.13 bits per heavy atom. The van der Waals surface area contributed by atoms with E-state index < -0.39 is 12.0 Å². The predicted molar refractivity (Wildman–Crippen MR) is 89.0 cm³/mol. The molecule has 0 radical (unpaired) electrons. The maximum Gasteiger partial charge on any atom is 0.326 e. The molecule has 0 saturated carbocycles. The molecule has 1 saturated heterocycles. The van der Waals surface area contributed by atoms with Crippen LogP contribution in [-0.2, 0) is 11.8 Å². The number of aromatic nitrogens is 2. The van der Waals surface area contributed by atoms with E-state index in [0.717, 1.165) is 28.8 Å². The topological polar surface area (TPSA) is 75.4 Å². The van der Waals surface area contributed by atoms with Gasteiger partial charge in [0, 0.05) is 19.0 Å². The van der Waals surface area contributed by atoms with Gasteiger partial charge in [-0.15, -0.1) is 11.3 Å². The SMILES string of the molecule is CC(C)c1nn(C)c2sc(C(=O)N3CCCCC3C(=O)O)cc12. The lowest BCUT2D eigenvalue weighted by molar-refractivity contribution is -0.143. The number of amides is 1. The van der Waals surface area contributed by atoms with E-state index in [4.69, 9.17) is 0 Å². The summed E-state index contributed by atoms with van der Waals surface area (Å²) in [6, 6.07) is 1.17. The summed E-state index contributed by atoms with van der Waals surface area (Å²) in [5.41, 5.74) is 0.978. The first-order chi connectivity index (χ1) is 10.9. The van der Waals surface area contributed by atoms with E-state index in [9.17, 15) is 14.7 Å². The van der Waals surface area contributed by atoms with Crippen molar-refractivity contribution in [1.29, 1.82) is 0 Å². The third-order valence-electron chi connectivity index (χ3n) is 4.35. The monoisotopic (exact) mass is 335 g/mol. The molecular weight excluding hydrogens is 314 g/mol. The van der Waals surface area contributed by atoms with E-state index >= 15 is 0 Å². The number of carboxylic acid groups (broad SMARTS) is 1. The van der Waals surface area contributed by atoms with Crippen LogP contribution in [0.25, 0.3) is 10.2 Å². The van der Waals surface area contributed by atoms with Crippen molar-refractivity contribution >= 4 is 33.4 Å². The van der Waals surface area contributed by atoms with Gasteiger partial charge in [0.15, 0.2) is 0 Å². The fourth-order valence-electron chi connectivity index (χ4n) is 3.17. The van der Waals surface area contributed by atoms with Crippen LogP contribution < -0.4 is 0 Å². The lowest BCUT2D eigenvalue weighted by atomic mass is 10.0. The van der Waals surface area contributed by atoms with E-state index in [1.807, 2.05) is 13.1 Å². The molecule has 3 heterocycles. The van der Waals surface area contributed by atoms with E-state index in [2.05, 4.69) is 18.9 Å². The van der Waals surface area contributed by atoms with Gasteiger partial charge in [-0.2, -0.15) is 5.10 Å². The van der Waals surface area contributed by atoms with Crippen molar-refractivity contribution in [2.24, 2.45) is 7.05 Å². The highest BCUT2D eigenvalue weighted by atomic mass is 32.1. The first-order valence-electron chi connectivity index (χ1n) is 7.90. The Bertz CT molecular complexity index is 762. The van der Waals surface area contributed by atoms with Crippen molar-refractivity contribution in [1.82, 2.24) is 14.7 Å². The molecule has 0 aliphatic carbocycles. The number of aryl methyl sites for hydroxylation is 1. The van der Waals surface area contributed by atoms with Gasteiger partial charge in [-0.25, -0.2) is 4.79 Å². The molecule has 3 rings (SSSR count). The van der Waals surface area contributed by atoms with E-state index in [0.29, 0.717) is 17.8 Å². The minimum Gasteiger partial charge on any atom is -0.480 e. The van der Waals surface area contributed by atoms with Gasteiger partial charge >= 0.3 is 5.97 Å². The lowest BCUT2D eigenvalue weighted by Gasteiger charge is -2.32. The third kappa shape index (κ3) is 2.73. The fraction of sp³-hybridized carbons (Fsp3) is 0.562. The van der Waals surface area contributed by atoms with Gasteiger partial charge in [0.05, 0.1) is 10.6 Å². The molecule has 0 spiro atoms. The quantitative estimate of drug-likeness (QED) is 0.936. The number of nitrogens with zero attached hydrogens (tertiary/aromatic N) is 3. The molecule has 1 N–H and O–H groups in total. The molecule has 2 aromatic rings. The normalized spacial score (nSPS) is 18.8. The van der Waals surface area contributed by atoms with Crippen LogP contribution in [0.1, 0.15) is 54.4 Å². The summed E-state index contributed by atoms with van der Waals surface area (Å²) in [5.74, 6) is -0.810. The number of carbonyl (C=O) groups excluding carboxylic acids is 1. The minimum atomic E-state index is -0.913. The summed E-state index contributed by atoms with van der Waals surface area (Å²) in [6.07, 6.45) is 2.25. The fourth-order valence-corrected chi connectivity index (χ4v) is 4.21. The zero-order chi connectivity index (χ0) is 16.7. The maximum atomic E-state index is 12.8. The molecule has 1 aliphatic rings. The molecule has 7 heteroatoms. The van der Waals surface area contributed by atoms with Crippen molar-refractivity contribution < 1.29 is 14.7 Å². The van der Waals surface area contributed by atoms with Gasteiger partial charge in [-0.3, -0.25) is 9.48 Å². The predicted octanol–water partition coefficient (Wildman–Crippen LogP) is 2.84. The van der Waals surface area contributed by atoms with Gasteiger partial charge in [-0.05, 0) is 31.2 Å². The number of hydrogen-bond acceptors (Lipinski definition) is 4. The van der Waals surface area contributed by atoms with Gasteiger partial charge in [0.25, 0.3) is 5.91 Å².